The van der Waals surface area contributed by atoms with Gasteiger partial charge in [-0.1, -0.05) is 12.5 Å². The monoisotopic (exact) mass is 409 g/mol. The summed E-state index contributed by atoms with van der Waals surface area (Å²) in [4.78, 5) is 6.16. The van der Waals surface area contributed by atoms with Gasteiger partial charge in [0, 0.05) is 34.4 Å². The van der Waals surface area contributed by atoms with Crippen LogP contribution in [0.5, 0.6) is 5.75 Å². The lowest BCUT2D eigenvalue weighted by Gasteiger charge is -2.25. The second kappa shape index (κ2) is 8.62. The molecule has 0 unspecified atom stereocenters. The quantitative estimate of drug-likeness (QED) is 0.486. The summed E-state index contributed by atoms with van der Waals surface area (Å²) in [5, 5.41) is 7.50. The van der Waals surface area contributed by atoms with Gasteiger partial charge in [-0.2, -0.15) is 0 Å². The number of likely N-dealkylation sites (tertiary alicyclic amines) is 1. The Balaban J connectivity index is 0.00000205. The summed E-state index contributed by atoms with van der Waals surface area (Å²) in [6, 6.07) is 17.5. The molecule has 0 atom stereocenters. The maximum atomic E-state index is 5.46. The van der Waals surface area contributed by atoms with E-state index in [1.165, 1.54) is 71.6 Å². The highest BCUT2D eigenvalue weighted by molar-refractivity contribution is 6.20. The number of methoxy groups -OCH3 is 1. The van der Waals surface area contributed by atoms with Crippen LogP contribution >= 0.6 is 0 Å². The van der Waals surface area contributed by atoms with Crippen molar-refractivity contribution in [2.45, 2.75) is 19.3 Å². The highest BCUT2D eigenvalue weighted by Crippen LogP contribution is 2.34. The van der Waals surface area contributed by atoms with E-state index in [2.05, 4.69) is 57.7 Å². The van der Waals surface area contributed by atoms with Crippen molar-refractivity contribution in [2.75, 3.05) is 33.3 Å². The predicted molar refractivity (Wildman–Crippen MR) is 117 cm³/mol. The molecular formula is C24H28ClN3O. The van der Waals surface area contributed by atoms with Crippen molar-refractivity contribution in [3.63, 3.8) is 0 Å². The SMILES string of the molecule is COc1ccc2[nH]c3ccc4ccc([NH2+]CCN5CCCCC5)cc4c3c2c1.[Cl-]. The number of aromatic amines is 1. The first kappa shape index (κ1) is 20.0. The highest BCUT2D eigenvalue weighted by atomic mass is 35.5. The molecule has 1 saturated heterocycles. The number of benzene rings is 3. The summed E-state index contributed by atoms with van der Waals surface area (Å²) in [7, 11) is 1.73. The summed E-state index contributed by atoms with van der Waals surface area (Å²) < 4.78 is 5.46. The van der Waals surface area contributed by atoms with Gasteiger partial charge in [-0.15, -0.1) is 0 Å². The van der Waals surface area contributed by atoms with Crippen molar-refractivity contribution in [1.82, 2.24) is 9.88 Å². The second-order valence-electron chi connectivity index (χ2n) is 7.90. The van der Waals surface area contributed by atoms with E-state index in [0.717, 1.165) is 17.8 Å². The number of H-pyrrole nitrogens is 1. The number of nitrogens with zero attached hydrogens (tertiary/aromatic N) is 1. The first-order valence-corrected chi connectivity index (χ1v) is 10.4. The number of rotatable bonds is 5. The van der Waals surface area contributed by atoms with E-state index in [1.54, 1.807) is 7.11 Å². The number of ether oxygens (including phenoxy) is 1. The van der Waals surface area contributed by atoms with E-state index in [1.807, 2.05) is 6.07 Å². The maximum Gasteiger partial charge on any atom is 0.130 e. The first-order valence-electron chi connectivity index (χ1n) is 10.4. The Kier molecular flexibility index (Phi) is 5.95. The largest absolute Gasteiger partial charge is 1.00 e. The molecule has 0 radical (unpaired) electrons. The molecule has 5 rings (SSSR count). The van der Waals surface area contributed by atoms with Crippen LogP contribution < -0.4 is 22.5 Å². The molecule has 2 heterocycles. The molecule has 1 fully saturated rings. The molecule has 0 saturated carbocycles. The molecule has 3 N–H and O–H groups in total. The zero-order valence-electron chi connectivity index (χ0n) is 16.9. The number of fused-ring (bicyclic) bond motifs is 5. The number of halogens is 1. The third-order valence-electron chi connectivity index (χ3n) is 6.09. The molecule has 1 aliphatic heterocycles. The van der Waals surface area contributed by atoms with Gasteiger partial charge >= 0.3 is 0 Å². The van der Waals surface area contributed by atoms with Gasteiger partial charge in [0.1, 0.15) is 11.4 Å². The predicted octanol–water partition coefficient (Wildman–Crippen LogP) is 1.17. The van der Waals surface area contributed by atoms with Crippen LogP contribution in [0.4, 0.5) is 5.69 Å². The van der Waals surface area contributed by atoms with Crippen LogP contribution in [0.3, 0.4) is 0 Å². The Hall–Kier alpha value is -2.27. The van der Waals surface area contributed by atoms with Crippen LogP contribution in [0.1, 0.15) is 19.3 Å². The summed E-state index contributed by atoms with van der Waals surface area (Å²) >= 11 is 0. The van der Waals surface area contributed by atoms with E-state index in [-0.39, 0.29) is 12.4 Å². The van der Waals surface area contributed by atoms with Crippen LogP contribution in [-0.4, -0.2) is 43.2 Å². The van der Waals surface area contributed by atoms with Crippen molar-refractivity contribution < 1.29 is 22.5 Å². The Morgan fingerprint density at radius 3 is 2.55 bits per heavy atom. The lowest BCUT2D eigenvalue weighted by atomic mass is 10.0. The molecule has 4 nitrogen and oxygen atoms in total. The molecule has 29 heavy (non-hydrogen) atoms. The standard InChI is InChI=1S/C24H27N3O.ClH/c1-28-19-8-10-22-21(16-19)24-20-15-18(7-5-17(20)6-9-23(24)26-22)25-11-14-27-12-3-2-4-13-27;/h5-10,15-16,25-26H,2-4,11-14H2,1H3;1H. The van der Waals surface area contributed by atoms with Gasteiger partial charge in [0.15, 0.2) is 0 Å². The molecule has 1 aliphatic rings. The molecule has 5 heteroatoms. The van der Waals surface area contributed by atoms with E-state index in [4.69, 9.17) is 4.74 Å². The summed E-state index contributed by atoms with van der Waals surface area (Å²) in [5.41, 5.74) is 3.65. The van der Waals surface area contributed by atoms with Crippen molar-refractivity contribution in [3.05, 3.63) is 48.5 Å². The molecule has 1 aromatic heterocycles. The van der Waals surface area contributed by atoms with Gasteiger partial charge in [0.25, 0.3) is 0 Å². The number of nitrogens with one attached hydrogen (secondary N) is 1. The van der Waals surface area contributed by atoms with Gasteiger partial charge in [-0.3, -0.25) is 4.90 Å². The molecule has 0 amide bonds. The molecular weight excluding hydrogens is 382 g/mol. The third-order valence-corrected chi connectivity index (χ3v) is 6.09. The smallest absolute Gasteiger partial charge is 0.130 e. The van der Waals surface area contributed by atoms with E-state index >= 15 is 0 Å². The fourth-order valence-electron chi connectivity index (χ4n) is 4.57. The summed E-state index contributed by atoms with van der Waals surface area (Å²) in [6.07, 6.45) is 4.12. The zero-order valence-corrected chi connectivity index (χ0v) is 17.6. The highest BCUT2D eigenvalue weighted by Gasteiger charge is 2.12. The minimum Gasteiger partial charge on any atom is -1.00 e. The van der Waals surface area contributed by atoms with E-state index < -0.39 is 0 Å². The average Bonchev–Trinajstić information content (AvgIpc) is 3.12. The molecule has 152 valence electrons. The Bertz CT molecular complexity index is 1130. The van der Waals surface area contributed by atoms with Gasteiger partial charge < -0.3 is 27.4 Å². The minimum absolute atomic E-state index is 0. The Morgan fingerprint density at radius 1 is 0.931 bits per heavy atom. The molecule has 3 aromatic carbocycles. The lowest BCUT2D eigenvalue weighted by Crippen LogP contribution is -3.00. The third kappa shape index (κ3) is 3.93. The first-order chi connectivity index (χ1) is 13.8. The fourth-order valence-corrected chi connectivity index (χ4v) is 4.57. The number of nitrogens with two attached hydrogens (primary N) is 1. The maximum absolute atomic E-state index is 5.46. The van der Waals surface area contributed by atoms with Crippen molar-refractivity contribution in [2.24, 2.45) is 0 Å². The van der Waals surface area contributed by atoms with Crippen molar-refractivity contribution >= 4 is 38.3 Å². The summed E-state index contributed by atoms with van der Waals surface area (Å²) in [5.74, 6) is 0.898. The van der Waals surface area contributed by atoms with Crippen LogP contribution in [0.25, 0.3) is 32.6 Å². The van der Waals surface area contributed by atoms with E-state index in [0.29, 0.717) is 0 Å². The Labute approximate surface area is 177 Å². The van der Waals surface area contributed by atoms with Crippen LogP contribution in [0, 0.1) is 0 Å². The van der Waals surface area contributed by atoms with E-state index in [9.17, 15) is 0 Å². The van der Waals surface area contributed by atoms with Crippen molar-refractivity contribution in [3.8, 4) is 5.75 Å². The fraction of sp³-hybridized carbons (Fsp3) is 0.333. The van der Waals surface area contributed by atoms with Crippen molar-refractivity contribution in [1.29, 1.82) is 0 Å². The topological polar surface area (TPSA) is 44.9 Å². The van der Waals surface area contributed by atoms with Crippen LogP contribution in [0.2, 0.25) is 0 Å². The van der Waals surface area contributed by atoms with Crippen LogP contribution in [0.15, 0.2) is 48.5 Å². The molecule has 4 aromatic rings. The molecule has 0 spiro atoms. The normalized spacial score (nSPS) is 15.1. The summed E-state index contributed by atoms with van der Waals surface area (Å²) in [6.45, 7) is 4.82. The number of hydrogen-bond acceptors (Lipinski definition) is 2. The average molecular weight is 410 g/mol. The van der Waals surface area contributed by atoms with Gasteiger partial charge in [-0.05, 0) is 73.1 Å². The number of piperidine rings is 1. The lowest BCUT2D eigenvalue weighted by molar-refractivity contribution is -0.571. The Morgan fingerprint density at radius 2 is 1.72 bits per heavy atom. The van der Waals surface area contributed by atoms with Gasteiger partial charge in [0.05, 0.1) is 13.7 Å². The number of hydrogen-bond donors (Lipinski definition) is 2. The number of aromatic nitrogens is 1. The minimum atomic E-state index is 0. The zero-order chi connectivity index (χ0) is 18.9. The number of quaternary nitrogens is 1. The van der Waals surface area contributed by atoms with Gasteiger partial charge in [-0.25, -0.2) is 0 Å². The molecule has 0 bridgehead atoms. The molecule has 0 aliphatic carbocycles. The van der Waals surface area contributed by atoms with Gasteiger partial charge in [0.2, 0.25) is 0 Å². The second-order valence-corrected chi connectivity index (χ2v) is 7.90. The van der Waals surface area contributed by atoms with Crippen LogP contribution in [-0.2, 0) is 0 Å².